The SMILES string of the molecule is O=C1/C(=C/c2ccc(F)cc2)Oc2c1ccc1c2CN(Cc2ccco2)CO1. The third-order valence-electron chi connectivity index (χ3n) is 4.81. The van der Waals surface area contributed by atoms with Crippen LogP contribution in [0.1, 0.15) is 27.2 Å². The predicted molar refractivity (Wildman–Crippen MR) is 99.2 cm³/mol. The van der Waals surface area contributed by atoms with Crippen molar-refractivity contribution in [1.29, 1.82) is 0 Å². The van der Waals surface area contributed by atoms with Crippen molar-refractivity contribution in [2.75, 3.05) is 6.73 Å². The molecule has 3 aromatic rings. The monoisotopic (exact) mass is 377 g/mol. The Hall–Kier alpha value is -3.38. The minimum absolute atomic E-state index is 0.190. The molecule has 0 atom stereocenters. The summed E-state index contributed by atoms with van der Waals surface area (Å²) in [7, 11) is 0. The summed E-state index contributed by atoms with van der Waals surface area (Å²) in [5.74, 6) is 1.79. The topological polar surface area (TPSA) is 51.9 Å². The van der Waals surface area contributed by atoms with Gasteiger partial charge in [-0.15, -0.1) is 0 Å². The molecule has 5 nitrogen and oxygen atoms in total. The number of hydrogen-bond donors (Lipinski definition) is 0. The molecule has 0 fully saturated rings. The smallest absolute Gasteiger partial charge is 0.231 e. The van der Waals surface area contributed by atoms with Crippen LogP contribution in [0.3, 0.4) is 0 Å². The van der Waals surface area contributed by atoms with E-state index in [-0.39, 0.29) is 17.4 Å². The number of benzene rings is 2. The Morgan fingerprint density at radius 1 is 1.11 bits per heavy atom. The Balaban J connectivity index is 1.44. The van der Waals surface area contributed by atoms with Gasteiger partial charge in [-0.2, -0.15) is 0 Å². The van der Waals surface area contributed by atoms with Gasteiger partial charge in [-0.3, -0.25) is 9.69 Å². The van der Waals surface area contributed by atoms with Crippen molar-refractivity contribution in [2.45, 2.75) is 13.1 Å². The number of nitrogens with zero attached hydrogens (tertiary/aromatic N) is 1. The van der Waals surface area contributed by atoms with Crippen molar-refractivity contribution < 1.29 is 23.1 Å². The molecule has 0 saturated carbocycles. The zero-order chi connectivity index (χ0) is 19.1. The molecule has 140 valence electrons. The van der Waals surface area contributed by atoms with Gasteiger partial charge in [-0.1, -0.05) is 12.1 Å². The summed E-state index contributed by atoms with van der Waals surface area (Å²) in [5.41, 5.74) is 2.05. The van der Waals surface area contributed by atoms with Crippen molar-refractivity contribution in [3.05, 3.63) is 88.8 Å². The van der Waals surface area contributed by atoms with E-state index in [1.807, 2.05) is 12.1 Å². The Kier molecular flexibility index (Phi) is 3.98. The van der Waals surface area contributed by atoms with E-state index < -0.39 is 0 Å². The summed E-state index contributed by atoms with van der Waals surface area (Å²) in [4.78, 5) is 14.8. The molecule has 0 spiro atoms. The second-order valence-corrected chi connectivity index (χ2v) is 6.75. The molecule has 2 aliphatic heterocycles. The summed E-state index contributed by atoms with van der Waals surface area (Å²) >= 11 is 0. The molecule has 0 unspecified atom stereocenters. The average Bonchev–Trinajstić information content (AvgIpc) is 3.32. The molecule has 2 aliphatic rings. The lowest BCUT2D eigenvalue weighted by molar-refractivity contribution is 0.0810. The molecule has 0 bridgehead atoms. The van der Waals surface area contributed by atoms with Crippen LogP contribution in [0, 0.1) is 5.82 Å². The molecule has 1 aromatic heterocycles. The minimum Gasteiger partial charge on any atom is -0.478 e. The maximum Gasteiger partial charge on any atom is 0.231 e. The number of rotatable bonds is 3. The maximum atomic E-state index is 13.1. The van der Waals surface area contributed by atoms with E-state index in [4.69, 9.17) is 13.9 Å². The van der Waals surface area contributed by atoms with Gasteiger partial charge in [0.15, 0.2) is 5.76 Å². The van der Waals surface area contributed by atoms with Crippen LogP contribution >= 0.6 is 0 Å². The van der Waals surface area contributed by atoms with Crippen LogP contribution in [0.4, 0.5) is 4.39 Å². The van der Waals surface area contributed by atoms with Gasteiger partial charge in [-0.25, -0.2) is 4.39 Å². The lowest BCUT2D eigenvalue weighted by Crippen LogP contribution is -2.31. The van der Waals surface area contributed by atoms with Gasteiger partial charge in [0.2, 0.25) is 5.78 Å². The van der Waals surface area contributed by atoms with E-state index in [1.165, 1.54) is 12.1 Å². The largest absolute Gasteiger partial charge is 0.478 e. The van der Waals surface area contributed by atoms with Crippen molar-refractivity contribution in [2.24, 2.45) is 0 Å². The Morgan fingerprint density at radius 3 is 2.75 bits per heavy atom. The number of ether oxygens (including phenoxy) is 2. The van der Waals surface area contributed by atoms with Gasteiger partial charge in [0.25, 0.3) is 0 Å². The Bertz CT molecular complexity index is 1070. The highest BCUT2D eigenvalue weighted by atomic mass is 19.1. The normalized spacial score (nSPS) is 17.2. The summed E-state index contributed by atoms with van der Waals surface area (Å²) in [6, 6.07) is 13.2. The molecular formula is C22H16FNO4. The van der Waals surface area contributed by atoms with Gasteiger partial charge in [0, 0.05) is 6.54 Å². The molecule has 5 rings (SSSR count). The van der Waals surface area contributed by atoms with Crippen molar-refractivity contribution in [3.63, 3.8) is 0 Å². The van der Waals surface area contributed by atoms with E-state index in [0.29, 0.717) is 42.4 Å². The molecule has 0 amide bonds. The fourth-order valence-corrected chi connectivity index (χ4v) is 3.44. The molecule has 28 heavy (non-hydrogen) atoms. The van der Waals surface area contributed by atoms with Crippen LogP contribution in [0.2, 0.25) is 0 Å². The zero-order valence-corrected chi connectivity index (χ0v) is 14.9. The van der Waals surface area contributed by atoms with E-state index in [2.05, 4.69) is 4.90 Å². The summed E-state index contributed by atoms with van der Waals surface area (Å²) in [6.07, 6.45) is 3.26. The van der Waals surface area contributed by atoms with Crippen LogP contribution in [0.15, 0.2) is 65.0 Å². The molecule has 6 heteroatoms. The highest BCUT2D eigenvalue weighted by Crippen LogP contribution is 2.42. The van der Waals surface area contributed by atoms with Gasteiger partial charge >= 0.3 is 0 Å². The van der Waals surface area contributed by atoms with E-state index in [1.54, 1.807) is 36.6 Å². The number of fused-ring (bicyclic) bond motifs is 3. The zero-order valence-electron chi connectivity index (χ0n) is 14.9. The second-order valence-electron chi connectivity index (χ2n) is 6.75. The Morgan fingerprint density at radius 2 is 1.96 bits per heavy atom. The third kappa shape index (κ3) is 2.97. The second kappa shape index (κ2) is 6.65. The molecule has 2 aromatic carbocycles. The maximum absolute atomic E-state index is 13.1. The molecule has 0 aliphatic carbocycles. The fraction of sp³-hybridized carbons (Fsp3) is 0.136. The number of Topliss-reactive ketones (excluding diaryl/α,β-unsaturated/α-hetero) is 1. The van der Waals surface area contributed by atoms with Gasteiger partial charge < -0.3 is 13.9 Å². The first-order chi connectivity index (χ1) is 13.7. The van der Waals surface area contributed by atoms with Crippen molar-refractivity contribution in [1.82, 2.24) is 4.90 Å². The highest BCUT2D eigenvalue weighted by molar-refractivity contribution is 6.15. The van der Waals surface area contributed by atoms with Gasteiger partial charge in [0.05, 0.1) is 23.9 Å². The summed E-state index contributed by atoms with van der Waals surface area (Å²) < 4.78 is 30.3. The number of carbonyl (C=O) groups excluding carboxylic acids is 1. The lowest BCUT2D eigenvalue weighted by atomic mass is 10.0. The highest BCUT2D eigenvalue weighted by Gasteiger charge is 2.33. The van der Waals surface area contributed by atoms with Gasteiger partial charge in [-0.05, 0) is 48.0 Å². The lowest BCUT2D eigenvalue weighted by Gasteiger charge is -2.29. The van der Waals surface area contributed by atoms with Crippen LogP contribution in [-0.2, 0) is 13.1 Å². The van der Waals surface area contributed by atoms with Crippen LogP contribution in [0.5, 0.6) is 11.5 Å². The first kappa shape index (κ1) is 16.8. The Labute approximate surface area is 160 Å². The number of halogens is 1. The number of hydrogen-bond acceptors (Lipinski definition) is 5. The number of furan rings is 1. The molecular weight excluding hydrogens is 361 g/mol. The van der Waals surface area contributed by atoms with Crippen molar-refractivity contribution >= 4 is 11.9 Å². The van der Waals surface area contributed by atoms with Crippen LogP contribution in [-0.4, -0.2) is 17.4 Å². The standard InChI is InChI=1S/C22H16FNO4/c23-15-5-3-14(4-6-15)10-20-21(25)17-7-8-19-18(22(17)28-20)12-24(13-27-19)11-16-2-1-9-26-16/h1-10H,11-13H2/b20-10-. The average molecular weight is 377 g/mol. The van der Waals surface area contributed by atoms with E-state index >= 15 is 0 Å². The summed E-state index contributed by atoms with van der Waals surface area (Å²) in [6.45, 7) is 1.61. The fourth-order valence-electron chi connectivity index (χ4n) is 3.44. The number of carbonyl (C=O) groups is 1. The molecule has 0 radical (unpaired) electrons. The van der Waals surface area contributed by atoms with Crippen LogP contribution < -0.4 is 9.47 Å². The molecule has 0 N–H and O–H groups in total. The predicted octanol–water partition coefficient (Wildman–Crippen LogP) is 4.39. The van der Waals surface area contributed by atoms with Crippen LogP contribution in [0.25, 0.3) is 6.08 Å². The van der Waals surface area contributed by atoms with Gasteiger partial charge in [0.1, 0.15) is 29.8 Å². The molecule has 3 heterocycles. The quantitative estimate of drug-likeness (QED) is 0.634. The number of ketones is 1. The third-order valence-corrected chi connectivity index (χ3v) is 4.81. The minimum atomic E-state index is -0.327. The van der Waals surface area contributed by atoms with E-state index in [0.717, 1.165) is 11.3 Å². The first-order valence-electron chi connectivity index (χ1n) is 8.90. The first-order valence-corrected chi connectivity index (χ1v) is 8.90. The summed E-state index contributed by atoms with van der Waals surface area (Å²) in [5, 5.41) is 0. The number of allylic oxidation sites excluding steroid dienone is 1. The van der Waals surface area contributed by atoms with Crippen molar-refractivity contribution in [3.8, 4) is 11.5 Å². The molecule has 0 saturated heterocycles. The van der Waals surface area contributed by atoms with E-state index in [9.17, 15) is 9.18 Å².